The molecule has 2 nitrogen and oxygen atoms in total. The minimum atomic E-state index is -0.348. The lowest BCUT2D eigenvalue weighted by molar-refractivity contribution is -0.139. The summed E-state index contributed by atoms with van der Waals surface area (Å²) in [5.74, 6) is -0.292. The topological polar surface area (TPSA) is 26.3 Å². The third-order valence-corrected chi connectivity index (χ3v) is 4.52. The zero-order valence-corrected chi connectivity index (χ0v) is 13.7. The molecule has 3 aromatic carbocycles. The van der Waals surface area contributed by atoms with E-state index >= 15 is 0 Å². The van der Waals surface area contributed by atoms with E-state index in [0.29, 0.717) is 0 Å². The Hall–Kier alpha value is -3.13. The second-order valence-corrected chi connectivity index (χ2v) is 6.13. The number of carbonyl (C=O) groups is 1. The predicted octanol–water partition coefficient (Wildman–Crippen LogP) is 5.04. The second kappa shape index (κ2) is 6.78. The standard InChI is InChI=1S/C23H18O2/c24-21-16-20(23(25-21)19-14-8-3-9-15-19)22(17-10-4-1-5-11-17)18-12-6-2-7-13-18/h1-16,22-23H. The van der Waals surface area contributed by atoms with E-state index in [4.69, 9.17) is 4.74 Å². The lowest BCUT2D eigenvalue weighted by Gasteiger charge is -2.24. The van der Waals surface area contributed by atoms with E-state index in [1.165, 1.54) is 0 Å². The molecule has 1 unspecified atom stereocenters. The van der Waals surface area contributed by atoms with Crippen LogP contribution in [0.2, 0.25) is 0 Å². The lowest BCUT2D eigenvalue weighted by atomic mass is 9.81. The summed E-state index contributed by atoms with van der Waals surface area (Å²) in [6.07, 6.45) is 1.31. The molecule has 1 aliphatic rings. The molecule has 0 bridgehead atoms. The Balaban J connectivity index is 1.84. The fourth-order valence-corrected chi connectivity index (χ4v) is 3.42. The minimum absolute atomic E-state index is 0.0148. The minimum Gasteiger partial charge on any atom is -0.450 e. The highest BCUT2D eigenvalue weighted by Crippen LogP contribution is 2.43. The number of cyclic esters (lactones) is 1. The van der Waals surface area contributed by atoms with Gasteiger partial charge >= 0.3 is 5.97 Å². The van der Waals surface area contributed by atoms with Crippen molar-refractivity contribution in [3.63, 3.8) is 0 Å². The van der Waals surface area contributed by atoms with Crippen molar-refractivity contribution in [2.24, 2.45) is 0 Å². The smallest absolute Gasteiger partial charge is 0.331 e. The summed E-state index contributed by atoms with van der Waals surface area (Å²) < 4.78 is 5.65. The fraction of sp³-hybridized carbons (Fsp3) is 0.0870. The van der Waals surface area contributed by atoms with E-state index in [1.54, 1.807) is 6.08 Å². The molecule has 0 aromatic heterocycles. The Morgan fingerprint density at radius 1 is 0.680 bits per heavy atom. The van der Waals surface area contributed by atoms with Gasteiger partial charge in [0.25, 0.3) is 0 Å². The van der Waals surface area contributed by atoms with Gasteiger partial charge < -0.3 is 4.74 Å². The highest BCUT2D eigenvalue weighted by Gasteiger charge is 2.34. The van der Waals surface area contributed by atoms with Crippen LogP contribution in [-0.2, 0) is 9.53 Å². The van der Waals surface area contributed by atoms with E-state index in [1.807, 2.05) is 66.7 Å². The number of hydrogen-bond acceptors (Lipinski definition) is 2. The molecule has 0 spiro atoms. The fourth-order valence-electron chi connectivity index (χ4n) is 3.42. The number of carbonyl (C=O) groups excluding carboxylic acids is 1. The van der Waals surface area contributed by atoms with Crippen LogP contribution in [0.3, 0.4) is 0 Å². The Labute approximate surface area is 147 Å². The number of rotatable bonds is 4. The molecule has 1 aliphatic heterocycles. The molecule has 4 rings (SSSR count). The van der Waals surface area contributed by atoms with Gasteiger partial charge in [0.2, 0.25) is 0 Å². The van der Waals surface area contributed by atoms with Crippen molar-refractivity contribution in [3.05, 3.63) is 119 Å². The SMILES string of the molecule is O=C1C=C(C(c2ccccc2)c2ccccc2)C(c2ccccc2)O1. The number of benzene rings is 3. The first-order valence-electron chi connectivity index (χ1n) is 8.40. The Morgan fingerprint density at radius 2 is 1.16 bits per heavy atom. The van der Waals surface area contributed by atoms with Gasteiger partial charge in [-0.05, 0) is 22.3 Å². The molecule has 0 saturated heterocycles. The van der Waals surface area contributed by atoms with Crippen molar-refractivity contribution in [3.8, 4) is 0 Å². The maximum absolute atomic E-state index is 12.1. The Morgan fingerprint density at radius 3 is 1.68 bits per heavy atom. The molecule has 1 heterocycles. The normalized spacial score (nSPS) is 16.6. The first kappa shape index (κ1) is 15.4. The quantitative estimate of drug-likeness (QED) is 0.628. The molecular formula is C23H18O2. The van der Waals surface area contributed by atoms with E-state index in [-0.39, 0.29) is 18.0 Å². The summed E-state index contributed by atoms with van der Waals surface area (Å²) in [5.41, 5.74) is 4.28. The van der Waals surface area contributed by atoms with Crippen LogP contribution in [0.4, 0.5) is 0 Å². The van der Waals surface area contributed by atoms with Crippen LogP contribution >= 0.6 is 0 Å². The van der Waals surface area contributed by atoms with Crippen LogP contribution in [0, 0.1) is 0 Å². The monoisotopic (exact) mass is 326 g/mol. The van der Waals surface area contributed by atoms with E-state index in [9.17, 15) is 4.79 Å². The van der Waals surface area contributed by atoms with Crippen molar-refractivity contribution >= 4 is 5.97 Å². The van der Waals surface area contributed by atoms with Gasteiger partial charge in [-0.15, -0.1) is 0 Å². The zero-order valence-electron chi connectivity index (χ0n) is 13.7. The Kier molecular flexibility index (Phi) is 4.17. The summed E-state index contributed by atoms with van der Waals surface area (Å²) in [4.78, 5) is 12.1. The molecule has 25 heavy (non-hydrogen) atoms. The molecular weight excluding hydrogens is 308 g/mol. The van der Waals surface area contributed by atoms with Crippen molar-refractivity contribution < 1.29 is 9.53 Å². The largest absolute Gasteiger partial charge is 0.450 e. The highest BCUT2D eigenvalue weighted by molar-refractivity contribution is 5.87. The summed E-state index contributed by atoms with van der Waals surface area (Å²) in [7, 11) is 0. The van der Waals surface area contributed by atoms with E-state index in [2.05, 4.69) is 24.3 Å². The van der Waals surface area contributed by atoms with Gasteiger partial charge in [0.15, 0.2) is 0 Å². The van der Waals surface area contributed by atoms with Gasteiger partial charge in [0.05, 0.1) is 0 Å². The van der Waals surface area contributed by atoms with E-state index in [0.717, 1.165) is 22.3 Å². The second-order valence-electron chi connectivity index (χ2n) is 6.13. The molecule has 0 fully saturated rings. The van der Waals surface area contributed by atoms with Crippen LogP contribution in [0.1, 0.15) is 28.7 Å². The average molecular weight is 326 g/mol. The highest BCUT2D eigenvalue weighted by atomic mass is 16.5. The Bertz CT molecular complexity index is 844. The van der Waals surface area contributed by atoms with Gasteiger partial charge in [0, 0.05) is 12.0 Å². The molecule has 0 saturated carbocycles. The summed E-state index contributed by atoms with van der Waals surface area (Å²) in [6, 6.07) is 30.4. The third-order valence-electron chi connectivity index (χ3n) is 4.52. The molecule has 3 aromatic rings. The van der Waals surface area contributed by atoms with E-state index < -0.39 is 0 Å². The molecule has 0 aliphatic carbocycles. The zero-order chi connectivity index (χ0) is 17.1. The van der Waals surface area contributed by atoms with Crippen LogP contribution in [0.5, 0.6) is 0 Å². The lowest BCUT2D eigenvalue weighted by Crippen LogP contribution is -2.11. The van der Waals surface area contributed by atoms with Crippen molar-refractivity contribution in [1.82, 2.24) is 0 Å². The van der Waals surface area contributed by atoms with Gasteiger partial charge in [-0.25, -0.2) is 4.79 Å². The van der Waals surface area contributed by atoms with Gasteiger partial charge in [-0.2, -0.15) is 0 Å². The third kappa shape index (κ3) is 3.11. The molecule has 0 N–H and O–H groups in total. The summed E-state index contributed by atoms with van der Waals surface area (Å²) in [6.45, 7) is 0. The number of esters is 1. The summed E-state index contributed by atoms with van der Waals surface area (Å²) in [5, 5.41) is 0. The molecule has 2 heteroatoms. The van der Waals surface area contributed by atoms with Crippen molar-refractivity contribution in [1.29, 1.82) is 0 Å². The van der Waals surface area contributed by atoms with Crippen LogP contribution in [0.25, 0.3) is 0 Å². The van der Waals surface area contributed by atoms with Gasteiger partial charge in [-0.1, -0.05) is 91.0 Å². The predicted molar refractivity (Wildman–Crippen MR) is 98.1 cm³/mol. The maximum Gasteiger partial charge on any atom is 0.331 e. The maximum atomic E-state index is 12.1. The van der Waals surface area contributed by atoms with Crippen molar-refractivity contribution in [2.45, 2.75) is 12.0 Å². The first-order chi connectivity index (χ1) is 12.3. The van der Waals surface area contributed by atoms with Crippen LogP contribution < -0.4 is 0 Å². The van der Waals surface area contributed by atoms with Gasteiger partial charge in [-0.3, -0.25) is 0 Å². The average Bonchev–Trinajstić information content (AvgIpc) is 3.06. The number of ether oxygens (including phenoxy) is 1. The van der Waals surface area contributed by atoms with Crippen LogP contribution in [0.15, 0.2) is 103 Å². The van der Waals surface area contributed by atoms with Crippen LogP contribution in [-0.4, -0.2) is 5.97 Å². The molecule has 0 radical (unpaired) electrons. The molecule has 122 valence electrons. The van der Waals surface area contributed by atoms with Gasteiger partial charge in [0.1, 0.15) is 6.10 Å². The number of hydrogen-bond donors (Lipinski definition) is 0. The molecule has 1 atom stereocenters. The molecule has 0 amide bonds. The van der Waals surface area contributed by atoms with Crippen molar-refractivity contribution in [2.75, 3.05) is 0 Å². The first-order valence-corrected chi connectivity index (χ1v) is 8.40. The summed E-state index contributed by atoms with van der Waals surface area (Å²) >= 11 is 0.